The van der Waals surface area contributed by atoms with E-state index in [4.69, 9.17) is 20.9 Å². The summed E-state index contributed by atoms with van der Waals surface area (Å²) in [4.78, 5) is 16.6. The average molecular weight is 353 g/mol. The highest BCUT2D eigenvalue weighted by Gasteiger charge is 2.10. The fourth-order valence-electron chi connectivity index (χ4n) is 1.57. The summed E-state index contributed by atoms with van der Waals surface area (Å²) in [5.41, 5.74) is 0.851. The lowest BCUT2D eigenvalue weighted by Crippen LogP contribution is -2.01. The van der Waals surface area contributed by atoms with Crippen LogP contribution in [0, 0.1) is 0 Å². The van der Waals surface area contributed by atoms with Crippen LogP contribution in [0.1, 0.15) is 10.7 Å². The molecule has 0 spiro atoms. The first-order chi connectivity index (χ1) is 10.7. The third-order valence-corrected chi connectivity index (χ3v) is 4.44. The number of nitrogens with zero attached hydrogens (tertiary/aromatic N) is 2. The predicted molar refractivity (Wildman–Crippen MR) is 85.8 cm³/mol. The number of carbonyl (C=O) groups is 1. The third kappa shape index (κ3) is 3.82. The summed E-state index contributed by atoms with van der Waals surface area (Å²) in [6.45, 7) is -0.0397. The molecule has 0 aliphatic carbocycles. The molecule has 3 aromatic rings. The summed E-state index contributed by atoms with van der Waals surface area (Å²) in [6, 6.07) is 5.47. The summed E-state index contributed by atoms with van der Waals surface area (Å²) in [5, 5.41) is 7.59. The van der Waals surface area contributed by atoms with Crippen molar-refractivity contribution in [2.45, 2.75) is 6.61 Å². The van der Waals surface area contributed by atoms with E-state index in [1.165, 1.54) is 28.7 Å². The molecule has 112 valence electrons. The zero-order valence-corrected chi connectivity index (χ0v) is 13.5. The summed E-state index contributed by atoms with van der Waals surface area (Å²) in [5.74, 6) is 0.254. The standard InChI is InChI=1S/C14H9ClN2O3S2/c15-11-3-1-10(22-11)2-4-13(18)19-7-12-16-14(20-17-12)9-5-6-21-8-9/h1-6,8H,7H2/b4-2-. The number of aromatic nitrogens is 2. The smallest absolute Gasteiger partial charge is 0.331 e. The number of ether oxygens (including phenoxy) is 1. The molecule has 5 nitrogen and oxygen atoms in total. The van der Waals surface area contributed by atoms with Gasteiger partial charge in [-0.15, -0.1) is 11.3 Å². The number of hydrogen-bond acceptors (Lipinski definition) is 7. The molecule has 0 radical (unpaired) electrons. The molecule has 0 aliphatic rings. The van der Waals surface area contributed by atoms with Crippen molar-refractivity contribution >= 4 is 46.3 Å². The van der Waals surface area contributed by atoms with E-state index < -0.39 is 5.97 Å². The second-order valence-corrected chi connectivity index (χ2v) is 6.64. The molecular formula is C14H9ClN2O3S2. The van der Waals surface area contributed by atoms with Crippen LogP contribution in [-0.2, 0) is 16.1 Å². The van der Waals surface area contributed by atoms with Crippen molar-refractivity contribution in [1.29, 1.82) is 0 Å². The molecule has 3 heterocycles. The van der Waals surface area contributed by atoms with Crippen LogP contribution in [0.4, 0.5) is 0 Å². The lowest BCUT2D eigenvalue weighted by Gasteiger charge is -1.95. The van der Waals surface area contributed by atoms with Gasteiger partial charge in [0.1, 0.15) is 0 Å². The molecule has 0 N–H and O–H groups in total. The zero-order valence-electron chi connectivity index (χ0n) is 11.1. The highest BCUT2D eigenvalue weighted by atomic mass is 35.5. The highest BCUT2D eigenvalue weighted by molar-refractivity contribution is 7.17. The Balaban J connectivity index is 1.54. The van der Waals surface area contributed by atoms with E-state index in [9.17, 15) is 4.79 Å². The SMILES string of the molecule is O=C(/C=C\c1ccc(Cl)s1)OCc1noc(-c2ccsc2)n1. The van der Waals surface area contributed by atoms with Gasteiger partial charge in [0.25, 0.3) is 5.89 Å². The number of rotatable bonds is 5. The number of thiophene rings is 2. The second-order valence-electron chi connectivity index (χ2n) is 4.11. The van der Waals surface area contributed by atoms with Crippen LogP contribution in [0.5, 0.6) is 0 Å². The molecule has 0 aliphatic heterocycles. The van der Waals surface area contributed by atoms with Crippen LogP contribution < -0.4 is 0 Å². The number of carbonyl (C=O) groups excluding carboxylic acids is 1. The topological polar surface area (TPSA) is 65.2 Å². The Morgan fingerprint density at radius 2 is 2.32 bits per heavy atom. The Kier molecular flexibility index (Phi) is 4.67. The highest BCUT2D eigenvalue weighted by Crippen LogP contribution is 2.22. The minimum Gasteiger partial charge on any atom is -0.454 e. The molecule has 0 atom stereocenters. The van der Waals surface area contributed by atoms with E-state index in [2.05, 4.69) is 10.1 Å². The van der Waals surface area contributed by atoms with Crippen LogP contribution in [0.15, 0.2) is 39.6 Å². The number of hydrogen-bond donors (Lipinski definition) is 0. The Morgan fingerprint density at radius 1 is 1.41 bits per heavy atom. The van der Waals surface area contributed by atoms with Crippen molar-refractivity contribution in [3.8, 4) is 11.5 Å². The van der Waals surface area contributed by atoms with Crippen LogP contribution in [0.3, 0.4) is 0 Å². The molecule has 3 rings (SSSR count). The van der Waals surface area contributed by atoms with Crippen LogP contribution in [-0.4, -0.2) is 16.1 Å². The van der Waals surface area contributed by atoms with E-state index >= 15 is 0 Å². The summed E-state index contributed by atoms with van der Waals surface area (Å²) in [6.07, 6.45) is 2.98. The first-order valence-electron chi connectivity index (χ1n) is 6.16. The maximum atomic E-state index is 11.6. The normalized spacial score (nSPS) is 11.1. The third-order valence-electron chi connectivity index (χ3n) is 2.56. The number of halogens is 1. The molecule has 0 saturated heterocycles. The van der Waals surface area contributed by atoms with Crippen LogP contribution in [0.2, 0.25) is 4.34 Å². The van der Waals surface area contributed by atoms with E-state index in [0.29, 0.717) is 16.1 Å². The molecule has 0 aromatic carbocycles. The first-order valence-corrected chi connectivity index (χ1v) is 8.30. The van der Waals surface area contributed by atoms with Gasteiger partial charge in [0.05, 0.1) is 9.90 Å². The van der Waals surface area contributed by atoms with Gasteiger partial charge < -0.3 is 9.26 Å². The lowest BCUT2D eigenvalue weighted by molar-refractivity contribution is -0.139. The molecule has 0 saturated carbocycles. The van der Waals surface area contributed by atoms with Gasteiger partial charge in [-0.3, -0.25) is 0 Å². The van der Waals surface area contributed by atoms with E-state index in [1.807, 2.05) is 22.9 Å². The maximum Gasteiger partial charge on any atom is 0.331 e. The summed E-state index contributed by atoms with van der Waals surface area (Å²) < 4.78 is 10.8. The van der Waals surface area contributed by atoms with Gasteiger partial charge >= 0.3 is 5.97 Å². The van der Waals surface area contributed by atoms with Gasteiger partial charge in [0, 0.05) is 16.3 Å². The van der Waals surface area contributed by atoms with Crippen molar-refractivity contribution < 1.29 is 14.1 Å². The number of esters is 1. The fraction of sp³-hybridized carbons (Fsp3) is 0.0714. The molecule has 22 heavy (non-hydrogen) atoms. The second kappa shape index (κ2) is 6.87. The first kappa shape index (κ1) is 15.0. The van der Waals surface area contributed by atoms with Crippen LogP contribution >= 0.6 is 34.3 Å². The average Bonchev–Trinajstić information content (AvgIpc) is 3.23. The fourth-order valence-corrected chi connectivity index (χ4v) is 3.16. The maximum absolute atomic E-state index is 11.6. The van der Waals surface area contributed by atoms with Crippen molar-refractivity contribution in [3.63, 3.8) is 0 Å². The van der Waals surface area contributed by atoms with E-state index in [1.54, 1.807) is 12.1 Å². The van der Waals surface area contributed by atoms with Crippen LogP contribution in [0.25, 0.3) is 17.5 Å². The molecule has 3 aromatic heterocycles. The Labute approximate surface area is 138 Å². The summed E-state index contributed by atoms with van der Waals surface area (Å²) >= 11 is 8.72. The van der Waals surface area contributed by atoms with Gasteiger partial charge in [-0.1, -0.05) is 16.8 Å². The molecule has 8 heteroatoms. The monoisotopic (exact) mass is 352 g/mol. The largest absolute Gasteiger partial charge is 0.454 e. The summed E-state index contributed by atoms with van der Waals surface area (Å²) in [7, 11) is 0. The minimum absolute atomic E-state index is 0.0397. The molecular weight excluding hydrogens is 344 g/mol. The Bertz CT molecular complexity index is 793. The van der Waals surface area contributed by atoms with E-state index in [-0.39, 0.29) is 6.61 Å². The van der Waals surface area contributed by atoms with E-state index in [0.717, 1.165) is 10.4 Å². The van der Waals surface area contributed by atoms with Gasteiger partial charge in [0.2, 0.25) is 5.82 Å². The molecule has 0 amide bonds. The molecule has 0 bridgehead atoms. The van der Waals surface area contributed by atoms with Crippen molar-refractivity contribution in [3.05, 3.63) is 50.1 Å². The lowest BCUT2D eigenvalue weighted by atomic mass is 10.3. The zero-order chi connectivity index (χ0) is 15.4. The Morgan fingerprint density at radius 3 is 3.05 bits per heavy atom. The van der Waals surface area contributed by atoms with Crippen molar-refractivity contribution in [2.24, 2.45) is 0 Å². The van der Waals surface area contributed by atoms with Gasteiger partial charge in [-0.2, -0.15) is 16.3 Å². The van der Waals surface area contributed by atoms with Gasteiger partial charge in [-0.25, -0.2) is 4.79 Å². The van der Waals surface area contributed by atoms with Crippen molar-refractivity contribution in [2.75, 3.05) is 0 Å². The predicted octanol–water partition coefficient (Wildman–Crippen LogP) is 4.27. The molecule has 0 unspecified atom stereocenters. The molecule has 0 fully saturated rings. The van der Waals surface area contributed by atoms with Gasteiger partial charge in [-0.05, 0) is 29.7 Å². The Hall–Kier alpha value is -1.96. The quantitative estimate of drug-likeness (QED) is 0.506. The van der Waals surface area contributed by atoms with Gasteiger partial charge in [0.15, 0.2) is 6.61 Å². The minimum atomic E-state index is -0.480. The van der Waals surface area contributed by atoms with Crippen molar-refractivity contribution in [1.82, 2.24) is 10.1 Å².